The van der Waals surface area contributed by atoms with Crippen LogP contribution < -0.4 is 4.74 Å². The number of hydrogen-bond donors (Lipinski definition) is 0. The van der Waals surface area contributed by atoms with Gasteiger partial charge in [0.25, 0.3) is 0 Å². The molecule has 1 rings (SSSR count). The van der Waals surface area contributed by atoms with Gasteiger partial charge in [-0.25, -0.2) is 0 Å². The van der Waals surface area contributed by atoms with Gasteiger partial charge < -0.3 is 4.74 Å². The van der Waals surface area contributed by atoms with E-state index in [1.165, 1.54) is 6.26 Å². The molecule has 0 spiro atoms. The Balaban J connectivity index is 2.78. The summed E-state index contributed by atoms with van der Waals surface area (Å²) in [7, 11) is 0. The zero-order valence-electron chi connectivity index (χ0n) is 5.38. The van der Waals surface area contributed by atoms with Crippen molar-refractivity contribution < 1.29 is 4.74 Å². The number of rotatable bonds is 2. The van der Waals surface area contributed by atoms with Crippen LogP contribution in [0.2, 0.25) is 5.02 Å². The maximum Gasteiger partial charge on any atom is 0.126 e. The van der Waals surface area contributed by atoms with Crippen LogP contribution >= 0.6 is 11.6 Å². The Bertz CT molecular complexity index is 215. The summed E-state index contributed by atoms with van der Waals surface area (Å²) in [6.45, 7) is 3.42. The van der Waals surface area contributed by atoms with Crippen molar-refractivity contribution in [1.82, 2.24) is 0 Å². The lowest BCUT2D eigenvalue weighted by atomic mass is 10.3. The zero-order chi connectivity index (χ0) is 7.40. The summed E-state index contributed by atoms with van der Waals surface area (Å²) in [6, 6.07) is 7.09. The molecule has 10 heavy (non-hydrogen) atoms. The van der Waals surface area contributed by atoms with Gasteiger partial charge in [-0.3, -0.25) is 0 Å². The molecule has 0 aliphatic rings. The highest BCUT2D eigenvalue weighted by molar-refractivity contribution is 6.30. The zero-order valence-corrected chi connectivity index (χ0v) is 6.14. The monoisotopic (exact) mass is 154 g/mol. The molecule has 0 radical (unpaired) electrons. The molecular formula is C8H7ClO. The molecule has 2 heteroatoms. The van der Waals surface area contributed by atoms with E-state index in [2.05, 4.69) is 6.58 Å². The van der Waals surface area contributed by atoms with Crippen molar-refractivity contribution in [2.24, 2.45) is 0 Å². The second kappa shape index (κ2) is 3.28. The van der Waals surface area contributed by atoms with E-state index < -0.39 is 0 Å². The first kappa shape index (κ1) is 7.16. The Morgan fingerprint density at radius 1 is 1.30 bits per heavy atom. The molecule has 0 saturated heterocycles. The van der Waals surface area contributed by atoms with E-state index in [1.54, 1.807) is 24.3 Å². The van der Waals surface area contributed by atoms with Crippen LogP contribution in [0.3, 0.4) is 0 Å². The van der Waals surface area contributed by atoms with Gasteiger partial charge in [0.1, 0.15) is 5.75 Å². The molecule has 0 heterocycles. The Morgan fingerprint density at radius 3 is 2.40 bits per heavy atom. The SMILES string of the molecule is C=COc1ccc(Cl)cc1. The summed E-state index contributed by atoms with van der Waals surface area (Å²) >= 11 is 5.63. The molecule has 1 aromatic rings. The summed E-state index contributed by atoms with van der Waals surface area (Å²) in [5, 5.41) is 0.705. The lowest BCUT2D eigenvalue weighted by Crippen LogP contribution is -1.77. The van der Waals surface area contributed by atoms with Gasteiger partial charge >= 0.3 is 0 Å². The van der Waals surface area contributed by atoms with Crippen LogP contribution in [-0.4, -0.2) is 0 Å². The molecule has 0 saturated carbocycles. The predicted molar refractivity (Wildman–Crippen MR) is 42.3 cm³/mol. The fourth-order valence-corrected chi connectivity index (χ4v) is 0.735. The van der Waals surface area contributed by atoms with Gasteiger partial charge in [-0.1, -0.05) is 18.2 Å². The van der Waals surface area contributed by atoms with E-state index in [-0.39, 0.29) is 0 Å². The normalized spacial score (nSPS) is 8.90. The van der Waals surface area contributed by atoms with Gasteiger partial charge in [0.15, 0.2) is 0 Å². The second-order valence-corrected chi connectivity index (χ2v) is 2.17. The van der Waals surface area contributed by atoms with Crippen LogP contribution in [0.4, 0.5) is 0 Å². The molecule has 52 valence electrons. The second-order valence-electron chi connectivity index (χ2n) is 1.74. The third-order valence-corrected chi connectivity index (χ3v) is 1.29. The topological polar surface area (TPSA) is 9.23 Å². The van der Waals surface area contributed by atoms with E-state index in [0.717, 1.165) is 5.75 Å². The molecular weight excluding hydrogens is 148 g/mol. The van der Waals surface area contributed by atoms with E-state index >= 15 is 0 Å². The van der Waals surface area contributed by atoms with Crippen LogP contribution in [-0.2, 0) is 0 Å². The third-order valence-electron chi connectivity index (χ3n) is 1.03. The quantitative estimate of drug-likeness (QED) is 0.596. The fourth-order valence-electron chi connectivity index (χ4n) is 0.609. The van der Waals surface area contributed by atoms with E-state index in [1.807, 2.05) is 0 Å². The van der Waals surface area contributed by atoms with Crippen molar-refractivity contribution in [3.8, 4) is 5.75 Å². The average molecular weight is 155 g/mol. The maximum absolute atomic E-state index is 5.63. The molecule has 0 amide bonds. The molecule has 0 aromatic heterocycles. The van der Waals surface area contributed by atoms with Gasteiger partial charge in [-0.05, 0) is 24.3 Å². The van der Waals surface area contributed by atoms with Gasteiger partial charge in [0, 0.05) is 5.02 Å². The Labute approximate surface area is 64.9 Å². The Hall–Kier alpha value is -0.950. The summed E-state index contributed by atoms with van der Waals surface area (Å²) in [5.41, 5.74) is 0. The summed E-state index contributed by atoms with van der Waals surface area (Å²) < 4.78 is 4.97. The highest BCUT2D eigenvalue weighted by Gasteiger charge is 1.88. The number of ether oxygens (including phenoxy) is 1. The number of benzene rings is 1. The first-order valence-electron chi connectivity index (χ1n) is 2.86. The van der Waals surface area contributed by atoms with Gasteiger partial charge in [-0.15, -0.1) is 0 Å². The smallest absolute Gasteiger partial charge is 0.126 e. The maximum atomic E-state index is 5.63. The minimum Gasteiger partial charge on any atom is -0.466 e. The highest BCUT2D eigenvalue weighted by atomic mass is 35.5. The van der Waals surface area contributed by atoms with Gasteiger partial charge in [-0.2, -0.15) is 0 Å². The minimum absolute atomic E-state index is 0.705. The van der Waals surface area contributed by atoms with Crippen LogP contribution in [0.1, 0.15) is 0 Å². The van der Waals surface area contributed by atoms with Crippen molar-refractivity contribution >= 4 is 11.6 Å². The molecule has 1 aromatic carbocycles. The van der Waals surface area contributed by atoms with Gasteiger partial charge in [0.05, 0.1) is 6.26 Å². The molecule has 0 N–H and O–H groups in total. The minimum atomic E-state index is 0.705. The number of hydrogen-bond acceptors (Lipinski definition) is 1. The molecule has 0 atom stereocenters. The molecule has 0 fully saturated rings. The first-order valence-corrected chi connectivity index (χ1v) is 3.24. The number of halogens is 1. The van der Waals surface area contributed by atoms with Crippen LogP contribution in [0.25, 0.3) is 0 Å². The van der Waals surface area contributed by atoms with E-state index in [9.17, 15) is 0 Å². The standard InChI is InChI=1S/C8H7ClO/c1-2-10-8-5-3-7(9)4-6-8/h2-6H,1H2. The van der Waals surface area contributed by atoms with E-state index in [4.69, 9.17) is 16.3 Å². The van der Waals surface area contributed by atoms with Crippen LogP contribution in [0.5, 0.6) is 5.75 Å². The van der Waals surface area contributed by atoms with Crippen LogP contribution in [0.15, 0.2) is 37.1 Å². The predicted octanol–water partition coefficient (Wildman–Crippen LogP) is 2.86. The lowest BCUT2D eigenvalue weighted by molar-refractivity contribution is 0.483. The third kappa shape index (κ3) is 1.78. The average Bonchev–Trinajstić information content (AvgIpc) is 1.95. The fraction of sp³-hybridized carbons (Fsp3) is 0. The molecule has 0 unspecified atom stereocenters. The van der Waals surface area contributed by atoms with Gasteiger partial charge in [0.2, 0.25) is 0 Å². The summed E-state index contributed by atoms with van der Waals surface area (Å²) in [4.78, 5) is 0. The first-order chi connectivity index (χ1) is 4.83. The largest absolute Gasteiger partial charge is 0.466 e. The van der Waals surface area contributed by atoms with Crippen molar-refractivity contribution in [1.29, 1.82) is 0 Å². The van der Waals surface area contributed by atoms with Crippen molar-refractivity contribution in [2.45, 2.75) is 0 Å². The molecule has 0 aliphatic carbocycles. The lowest BCUT2D eigenvalue weighted by Gasteiger charge is -1.96. The summed E-state index contributed by atoms with van der Waals surface area (Å²) in [6.07, 6.45) is 1.38. The molecule has 1 nitrogen and oxygen atoms in total. The summed E-state index contributed by atoms with van der Waals surface area (Å²) in [5.74, 6) is 0.749. The van der Waals surface area contributed by atoms with Crippen molar-refractivity contribution in [3.05, 3.63) is 42.1 Å². The Morgan fingerprint density at radius 2 is 1.90 bits per heavy atom. The molecule has 0 aliphatic heterocycles. The van der Waals surface area contributed by atoms with E-state index in [0.29, 0.717) is 5.02 Å². The molecule has 0 bridgehead atoms. The van der Waals surface area contributed by atoms with Crippen molar-refractivity contribution in [3.63, 3.8) is 0 Å². The highest BCUT2D eigenvalue weighted by Crippen LogP contribution is 2.15. The van der Waals surface area contributed by atoms with Crippen LogP contribution in [0, 0.1) is 0 Å². The Kier molecular flexibility index (Phi) is 2.35. The van der Waals surface area contributed by atoms with Crippen molar-refractivity contribution in [2.75, 3.05) is 0 Å².